The van der Waals surface area contributed by atoms with Crippen molar-refractivity contribution in [3.05, 3.63) is 64.8 Å². The van der Waals surface area contributed by atoms with Gasteiger partial charge in [-0.15, -0.1) is 0 Å². The number of benzene rings is 2. The SMILES string of the molecule is COc1ccc(OCC(=O)NCCN2C(=O)S/C(=C\c3ccccc3F)C2=O)cc1. The highest BCUT2D eigenvalue weighted by molar-refractivity contribution is 8.18. The van der Waals surface area contributed by atoms with Crippen LogP contribution in [0.25, 0.3) is 6.08 Å². The van der Waals surface area contributed by atoms with E-state index in [9.17, 15) is 18.8 Å². The van der Waals surface area contributed by atoms with Crippen LogP contribution in [0.2, 0.25) is 0 Å². The van der Waals surface area contributed by atoms with Crippen LogP contribution in [0, 0.1) is 5.82 Å². The third-order valence-electron chi connectivity index (χ3n) is 4.15. The monoisotopic (exact) mass is 430 g/mol. The first-order valence-corrected chi connectivity index (χ1v) is 9.83. The van der Waals surface area contributed by atoms with E-state index in [4.69, 9.17) is 9.47 Å². The lowest BCUT2D eigenvalue weighted by atomic mass is 10.2. The number of thioether (sulfide) groups is 1. The Morgan fingerprint density at radius 3 is 2.53 bits per heavy atom. The Morgan fingerprint density at radius 2 is 1.83 bits per heavy atom. The predicted molar refractivity (Wildman–Crippen MR) is 111 cm³/mol. The molecule has 1 fully saturated rings. The van der Waals surface area contributed by atoms with Crippen LogP contribution < -0.4 is 14.8 Å². The van der Waals surface area contributed by atoms with Crippen molar-refractivity contribution in [2.75, 3.05) is 26.8 Å². The molecule has 1 aliphatic heterocycles. The first kappa shape index (κ1) is 21.4. The number of hydrogen-bond acceptors (Lipinski definition) is 6. The number of rotatable bonds is 8. The van der Waals surface area contributed by atoms with Gasteiger partial charge in [0.05, 0.1) is 12.0 Å². The maximum absolute atomic E-state index is 13.8. The highest BCUT2D eigenvalue weighted by Crippen LogP contribution is 2.32. The molecular weight excluding hydrogens is 411 g/mol. The number of carbonyl (C=O) groups is 3. The summed E-state index contributed by atoms with van der Waals surface area (Å²) < 4.78 is 24.2. The fourth-order valence-corrected chi connectivity index (χ4v) is 3.46. The van der Waals surface area contributed by atoms with Crippen LogP contribution in [0.15, 0.2) is 53.4 Å². The average Bonchev–Trinajstić information content (AvgIpc) is 3.01. The second kappa shape index (κ2) is 9.93. The number of imide groups is 1. The van der Waals surface area contributed by atoms with E-state index in [0.717, 1.165) is 16.7 Å². The average molecular weight is 430 g/mol. The van der Waals surface area contributed by atoms with E-state index in [2.05, 4.69) is 5.32 Å². The number of nitrogens with zero attached hydrogens (tertiary/aromatic N) is 1. The Kier molecular flexibility index (Phi) is 7.08. The summed E-state index contributed by atoms with van der Waals surface area (Å²) in [6.45, 7) is -0.120. The van der Waals surface area contributed by atoms with Crippen LogP contribution >= 0.6 is 11.8 Å². The normalized spacial score (nSPS) is 14.9. The molecule has 0 bridgehead atoms. The van der Waals surface area contributed by atoms with Crippen molar-refractivity contribution >= 4 is 34.9 Å². The molecule has 30 heavy (non-hydrogen) atoms. The first-order chi connectivity index (χ1) is 14.5. The topological polar surface area (TPSA) is 84.9 Å². The van der Waals surface area contributed by atoms with E-state index < -0.39 is 17.0 Å². The molecule has 1 aliphatic rings. The Labute approximate surface area is 176 Å². The standard InChI is InChI=1S/C21H19FN2O5S/c1-28-15-6-8-16(9-7-15)29-13-19(25)23-10-11-24-20(26)18(30-21(24)27)12-14-4-2-3-5-17(14)22/h2-9,12H,10-11,13H2,1H3,(H,23,25)/b18-12-. The fraction of sp³-hybridized carbons (Fsp3) is 0.190. The molecule has 3 rings (SSSR count). The van der Waals surface area contributed by atoms with Gasteiger partial charge in [0.25, 0.3) is 17.1 Å². The molecular formula is C21H19FN2O5S. The Bertz CT molecular complexity index is 978. The molecule has 0 radical (unpaired) electrons. The van der Waals surface area contributed by atoms with Gasteiger partial charge in [0, 0.05) is 18.7 Å². The number of ether oxygens (including phenoxy) is 2. The minimum Gasteiger partial charge on any atom is -0.497 e. The van der Waals surface area contributed by atoms with Crippen molar-refractivity contribution in [1.29, 1.82) is 0 Å². The molecule has 0 atom stereocenters. The Balaban J connectivity index is 1.47. The van der Waals surface area contributed by atoms with E-state index in [-0.39, 0.29) is 36.1 Å². The lowest BCUT2D eigenvalue weighted by Crippen LogP contribution is -2.38. The highest BCUT2D eigenvalue weighted by Gasteiger charge is 2.34. The smallest absolute Gasteiger partial charge is 0.293 e. The zero-order valence-corrected chi connectivity index (χ0v) is 16.9. The molecule has 2 aromatic rings. The molecule has 0 aliphatic carbocycles. The zero-order chi connectivity index (χ0) is 21.5. The molecule has 1 heterocycles. The van der Waals surface area contributed by atoms with Gasteiger partial charge in [-0.1, -0.05) is 18.2 Å². The summed E-state index contributed by atoms with van der Waals surface area (Å²) in [5, 5.41) is 2.13. The van der Waals surface area contributed by atoms with Gasteiger partial charge in [0.2, 0.25) is 0 Å². The number of hydrogen-bond donors (Lipinski definition) is 1. The predicted octanol–water partition coefficient (Wildman–Crippen LogP) is 3.07. The number of halogens is 1. The molecule has 1 N–H and O–H groups in total. The second-order valence-electron chi connectivity index (χ2n) is 6.17. The summed E-state index contributed by atoms with van der Waals surface area (Å²) in [5.74, 6) is -0.201. The second-order valence-corrected chi connectivity index (χ2v) is 7.16. The summed E-state index contributed by atoms with van der Waals surface area (Å²) in [5.41, 5.74) is 0.229. The maximum atomic E-state index is 13.8. The van der Waals surface area contributed by atoms with Gasteiger partial charge < -0.3 is 14.8 Å². The van der Waals surface area contributed by atoms with Gasteiger partial charge in [-0.25, -0.2) is 4.39 Å². The Hall–Kier alpha value is -3.33. The van der Waals surface area contributed by atoms with Crippen LogP contribution in [0.4, 0.5) is 9.18 Å². The lowest BCUT2D eigenvalue weighted by Gasteiger charge is -2.13. The van der Waals surface area contributed by atoms with Gasteiger partial charge in [-0.05, 0) is 48.2 Å². The number of amides is 3. The van der Waals surface area contributed by atoms with Crippen LogP contribution in [0.3, 0.4) is 0 Å². The zero-order valence-electron chi connectivity index (χ0n) is 16.1. The fourth-order valence-electron chi connectivity index (χ4n) is 2.61. The molecule has 0 aromatic heterocycles. The molecule has 7 nitrogen and oxygen atoms in total. The molecule has 0 spiro atoms. The van der Waals surface area contributed by atoms with Crippen LogP contribution in [-0.4, -0.2) is 48.8 Å². The summed E-state index contributed by atoms with van der Waals surface area (Å²) >= 11 is 0.739. The molecule has 156 valence electrons. The lowest BCUT2D eigenvalue weighted by molar-refractivity contribution is -0.125. The Morgan fingerprint density at radius 1 is 1.13 bits per heavy atom. The highest BCUT2D eigenvalue weighted by atomic mass is 32.2. The third kappa shape index (κ3) is 5.38. The van der Waals surface area contributed by atoms with E-state index >= 15 is 0 Å². The largest absolute Gasteiger partial charge is 0.497 e. The van der Waals surface area contributed by atoms with Gasteiger partial charge in [0.1, 0.15) is 17.3 Å². The molecule has 3 amide bonds. The van der Waals surface area contributed by atoms with Gasteiger partial charge in [-0.2, -0.15) is 0 Å². The summed E-state index contributed by atoms with van der Waals surface area (Å²) in [4.78, 5) is 37.6. The minimum atomic E-state index is -0.517. The van der Waals surface area contributed by atoms with E-state index in [1.807, 2.05) is 0 Å². The molecule has 0 unspecified atom stereocenters. The summed E-state index contributed by atoms with van der Waals surface area (Å²) in [6.07, 6.45) is 1.35. The van der Waals surface area contributed by atoms with Crippen molar-refractivity contribution in [2.24, 2.45) is 0 Å². The summed E-state index contributed by atoms with van der Waals surface area (Å²) in [6, 6.07) is 12.8. The molecule has 1 saturated heterocycles. The number of methoxy groups -OCH3 is 1. The summed E-state index contributed by atoms with van der Waals surface area (Å²) in [7, 11) is 1.55. The van der Waals surface area contributed by atoms with Crippen molar-refractivity contribution < 1.29 is 28.2 Å². The van der Waals surface area contributed by atoms with Gasteiger partial charge in [-0.3, -0.25) is 19.3 Å². The van der Waals surface area contributed by atoms with Gasteiger partial charge >= 0.3 is 0 Å². The first-order valence-electron chi connectivity index (χ1n) is 9.01. The third-order valence-corrected chi connectivity index (χ3v) is 5.06. The van der Waals surface area contributed by atoms with E-state index in [1.165, 1.54) is 18.2 Å². The van der Waals surface area contributed by atoms with Crippen molar-refractivity contribution in [3.63, 3.8) is 0 Å². The van der Waals surface area contributed by atoms with Crippen molar-refractivity contribution in [1.82, 2.24) is 10.2 Å². The van der Waals surface area contributed by atoms with Crippen molar-refractivity contribution in [2.45, 2.75) is 0 Å². The van der Waals surface area contributed by atoms with Crippen molar-refractivity contribution in [3.8, 4) is 11.5 Å². The minimum absolute atomic E-state index is 0.00749. The van der Waals surface area contributed by atoms with Gasteiger partial charge in [0.15, 0.2) is 6.61 Å². The number of carbonyl (C=O) groups excluding carboxylic acids is 3. The van der Waals surface area contributed by atoms with Crippen LogP contribution in [0.1, 0.15) is 5.56 Å². The van der Waals surface area contributed by atoms with Crippen LogP contribution in [-0.2, 0) is 9.59 Å². The molecule has 9 heteroatoms. The quantitative estimate of drug-likeness (QED) is 0.648. The molecule has 2 aromatic carbocycles. The number of nitrogens with one attached hydrogen (secondary N) is 1. The molecule has 0 saturated carbocycles. The van der Waals surface area contributed by atoms with E-state index in [0.29, 0.717) is 11.5 Å². The van der Waals surface area contributed by atoms with E-state index in [1.54, 1.807) is 43.5 Å². The maximum Gasteiger partial charge on any atom is 0.293 e. The van der Waals surface area contributed by atoms with Crippen LogP contribution in [0.5, 0.6) is 11.5 Å².